The molecule has 0 unspecified atom stereocenters. The van der Waals surface area contributed by atoms with Crippen molar-refractivity contribution in [2.45, 2.75) is 0 Å². The van der Waals surface area contributed by atoms with Crippen molar-refractivity contribution in [1.82, 2.24) is 4.98 Å². The van der Waals surface area contributed by atoms with E-state index in [0.717, 1.165) is 10.9 Å². The number of nitrogens with zero attached hydrogens (tertiary/aromatic N) is 1. The molecular weight excluding hydrogens is 321 g/mol. The van der Waals surface area contributed by atoms with Gasteiger partial charge >= 0.3 is 0 Å². The van der Waals surface area contributed by atoms with Crippen LogP contribution in [0.25, 0.3) is 10.9 Å². The summed E-state index contributed by atoms with van der Waals surface area (Å²) in [5, 5.41) is 0.792. The van der Waals surface area contributed by atoms with Crippen molar-refractivity contribution in [2.24, 2.45) is 0 Å². The Morgan fingerprint density at radius 3 is 2.75 bits per heavy atom. The molecule has 4 heteroatoms. The summed E-state index contributed by atoms with van der Waals surface area (Å²) in [5.41, 5.74) is 1.77. The van der Waals surface area contributed by atoms with Crippen molar-refractivity contribution in [3.05, 3.63) is 76.1 Å². The van der Waals surface area contributed by atoms with Crippen molar-refractivity contribution in [2.75, 3.05) is 0 Å². The molecule has 3 aromatic rings. The molecule has 0 aliphatic carbocycles. The fourth-order valence-electron chi connectivity index (χ4n) is 2.09. The zero-order chi connectivity index (χ0) is 14.1. The Hall–Kier alpha value is -2.07. The van der Waals surface area contributed by atoms with Gasteiger partial charge in [-0.3, -0.25) is 9.78 Å². The first-order chi connectivity index (χ1) is 9.66. The van der Waals surface area contributed by atoms with Crippen LogP contribution in [0.15, 0.2) is 59.2 Å². The molecule has 3 rings (SSSR count). The van der Waals surface area contributed by atoms with Crippen LogP contribution in [0.2, 0.25) is 0 Å². The van der Waals surface area contributed by atoms with E-state index in [1.165, 1.54) is 18.2 Å². The summed E-state index contributed by atoms with van der Waals surface area (Å²) in [4.78, 5) is 16.8. The van der Waals surface area contributed by atoms with E-state index in [1.807, 2.05) is 12.1 Å². The van der Waals surface area contributed by atoms with Gasteiger partial charge in [-0.25, -0.2) is 4.39 Å². The second-order valence-corrected chi connectivity index (χ2v) is 5.19. The number of aromatic nitrogens is 1. The van der Waals surface area contributed by atoms with Crippen molar-refractivity contribution in [3.8, 4) is 0 Å². The number of carbonyl (C=O) groups excluding carboxylic acids is 1. The SMILES string of the molecule is O=C(c1ccc(F)c(Br)c1)c1cccc2ncccc12. The van der Waals surface area contributed by atoms with Gasteiger partial charge in [-0.2, -0.15) is 0 Å². The smallest absolute Gasteiger partial charge is 0.193 e. The van der Waals surface area contributed by atoms with E-state index in [1.54, 1.807) is 24.4 Å². The maximum atomic E-state index is 13.2. The summed E-state index contributed by atoms with van der Waals surface area (Å²) >= 11 is 3.10. The van der Waals surface area contributed by atoms with E-state index in [2.05, 4.69) is 20.9 Å². The van der Waals surface area contributed by atoms with Gasteiger partial charge in [0.15, 0.2) is 5.78 Å². The molecule has 0 N–H and O–H groups in total. The second kappa shape index (κ2) is 5.13. The Morgan fingerprint density at radius 1 is 1.10 bits per heavy atom. The van der Waals surface area contributed by atoms with Gasteiger partial charge in [0.2, 0.25) is 0 Å². The standard InChI is InChI=1S/C16H9BrFNO/c17-13-9-10(6-7-14(13)18)16(20)12-3-1-5-15-11(12)4-2-8-19-15/h1-9H. The molecule has 1 aromatic heterocycles. The zero-order valence-corrected chi connectivity index (χ0v) is 11.9. The maximum absolute atomic E-state index is 13.2. The van der Waals surface area contributed by atoms with Gasteiger partial charge in [-0.15, -0.1) is 0 Å². The highest BCUT2D eigenvalue weighted by molar-refractivity contribution is 9.10. The lowest BCUT2D eigenvalue weighted by molar-refractivity contribution is 0.104. The summed E-state index contributed by atoms with van der Waals surface area (Å²) in [6.45, 7) is 0. The molecule has 0 aliphatic rings. The van der Waals surface area contributed by atoms with Crippen LogP contribution in [0.5, 0.6) is 0 Å². The lowest BCUT2D eigenvalue weighted by Crippen LogP contribution is -2.03. The second-order valence-electron chi connectivity index (χ2n) is 4.33. The molecule has 98 valence electrons. The summed E-state index contributed by atoms with van der Waals surface area (Å²) < 4.78 is 13.5. The Kier molecular flexibility index (Phi) is 3.32. The zero-order valence-electron chi connectivity index (χ0n) is 10.3. The highest BCUT2D eigenvalue weighted by atomic mass is 79.9. The average Bonchev–Trinajstić information content (AvgIpc) is 2.49. The third-order valence-corrected chi connectivity index (χ3v) is 3.68. The minimum Gasteiger partial charge on any atom is -0.289 e. The lowest BCUT2D eigenvalue weighted by Gasteiger charge is -2.06. The third-order valence-electron chi connectivity index (χ3n) is 3.07. The molecule has 2 aromatic carbocycles. The summed E-state index contributed by atoms with van der Waals surface area (Å²) in [6.07, 6.45) is 1.69. The fourth-order valence-corrected chi connectivity index (χ4v) is 2.47. The quantitative estimate of drug-likeness (QED) is 0.653. The van der Waals surface area contributed by atoms with Crippen molar-refractivity contribution in [1.29, 1.82) is 0 Å². The van der Waals surface area contributed by atoms with E-state index < -0.39 is 0 Å². The maximum Gasteiger partial charge on any atom is 0.193 e. The summed E-state index contributed by atoms with van der Waals surface area (Å²) in [5.74, 6) is -0.537. The van der Waals surface area contributed by atoms with Gasteiger partial charge in [0.05, 0.1) is 9.99 Å². The van der Waals surface area contributed by atoms with Crippen LogP contribution >= 0.6 is 15.9 Å². The van der Waals surface area contributed by atoms with Crippen LogP contribution in [0, 0.1) is 5.82 Å². The van der Waals surface area contributed by atoms with Crippen molar-refractivity contribution < 1.29 is 9.18 Å². The number of fused-ring (bicyclic) bond motifs is 1. The normalized spacial score (nSPS) is 10.7. The van der Waals surface area contributed by atoms with E-state index in [9.17, 15) is 9.18 Å². The number of rotatable bonds is 2. The first-order valence-corrected chi connectivity index (χ1v) is 6.79. The monoisotopic (exact) mass is 329 g/mol. The van der Waals surface area contributed by atoms with Gasteiger partial charge in [-0.1, -0.05) is 18.2 Å². The summed E-state index contributed by atoms with van der Waals surface area (Å²) in [7, 11) is 0. The van der Waals surface area contributed by atoms with Crippen LogP contribution in [-0.4, -0.2) is 10.8 Å². The van der Waals surface area contributed by atoms with Crippen molar-refractivity contribution in [3.63, 3.8) is 0 Å². The number of ketones is 1. The highest BCUT2D eigenvalue weighted by Gasteiger charge is 2.14. The largest absolute Gasteiger partial charge is 0.289 e. The lowest BCUT2D eigenvalue weighted by atomic mass is 9.99. The van der Waals surface area contributed by atoms with Crippen LogP contribution in [-0.2, 0) is 0 Å². The molecule has 0 fully saturated rings. The van der Waals surface area contributed by atoms with E-state index in [-0.39, 0.29) is 16.1 Å². The number of halogens is 2. The highest BCUT2D eigenvalue weighted by Crippen LogP contribution is 2.23. The Bertz CT molecular complexity index is 811. The van der Waals surface area contributed by atoms with Crippen LogP contribution < -0.4 is 0 Å². The molecule has 0 saturated heterocycles. The van der Waals surface area contributed by atoms with E-state index >= 15 is 0 Å². The van der Waals surface area contributed by atoms with Gasteiger partial charge in [0.25, 0.3) is 0 Å². The van der Waals surface area contributed by atoms with Crippen LogP contribution in [0.3, 0.4) is 0 Å². The number of carbonyl (C=O) groups is 1. The van der Waals surface area contributed by atoms with Gasteiger partial charge in [0, 0.05) is 22.7 Å². The molecule has 0 bridgehead atoms. The topological polar surface area (TPSA) is 30.0 Å². The molecule has 0 spiro atoms. The van der Waals surface area contributed by atoms with Crippen LogP contribution in [0.1, 0.15) is 15.9 Å². The number of hydrogen-bond donors (Lipinski definition) is 0. The van der Waals surface area contributed by atoms with E-state index in [4.69, 9.17) is 0 Å². The van der Waals surface area contributed by atoms with Crippen LogP contribution in [0.4, 0.5) is 4.39 Å². The molecule has 0 aliphatic heterocycles. The van der Waals surface area contributed by atoms with Gasteiger partial charge in [0.1, 0.15) is 5.82 Å². The molecule has 2 nitrogen and oxygen atoms in total. The first kappa shape index (κ1) is 12.9. The molecule has 1 heterocycles. The average molecular weight is 330 g/mol. The predicted octanol–water partition coefficient (Wildman–Crippen LogP) is 4.37. The third kappa shape index (κ3) is 2.23. The Labute approximate surface area is 123 Å². The van der Waals surface area contributed by atoms with E-state index in [0.29, 0.717) is 11.1 Å². The molecule has 0 saturated carbocycles. The van der Waals surface area contributed by atoms with Gasteiger partial charge in [-0.05, 0) is 46.3 Å². The molecule has 0 amide bonds. The molecular formula is C16H9BrFNO. The Balaban J connectivity index is 2.15. The van der Waals surface area contributed by atoms with Crippen molar-refractivity contribution >= 4 is 32.6 Å². The minimum atomic E-state index is -0.388. The number of benzene rings is 2. The predicted molar refractivity (Wildman–Crippen MR) is 79.3 cm³/mol. The first-order valence-electron chi connectivity index (χ1n) is 6.00. The molecule has 0 atom stereocenters. The molecule has 20 heavy (non-hydrogen) atoms. The summed E-state index contributed by atoms with van der Waals surface area (Å²) in [6, 6.07) is 13.3. The fraction of sp³-hybridized carbons (Fsp3) is 0. The Morgan fingerprint density at radius 2 is 1.95 bits per heavy atom. The number of hydrogen-bond acceptors (Lipinski definition) is 2. The van der Waals surface area contributed by atoms with Gasteiger partial charge < -0.3 is 0 Å². The molecule has 0 radical (unpaired) electrons. The number of pyridine rings is 1. The minimum absolute atomic E-state index is 0.149.